The number of amides is 2. The predicted molar refractivity (Wildman–Crippen MR) is 97.9 cm³/mol. The number of hydrogen-bond donors (Lipinski definition) is 1. The highest BCUT2D eigenvalue weighted by molar-refractivity contribution is 5.76. The molecule has 0 atom stereocenters. The van der Waals surface area contributed by atoms with Crippen molar-refractivity contribution in [2.45, 2.75) is 53.0 Å². The van der Waals surface area contributed by atoms with E-state index in [-0.39, 0.29) is 11.8 Å². The molecule has 0 bridgehead atoms. The average Bonchev–Trinajstić information content (AvgIpc) is 2.49. The monoisotopic (exact) mass is 343 g/mol. The van der Waals surface area contributed by atoms with Crippen LogP contribution in [0.25, 0.3) is 0 Å². The SMILES string of the molecule is CC(C)CN(C)C(=O)CCOCCC(=O)N(C)CCCNC(C)C. The van der Waals surface area contributed by atoms with Gasteiger partial charge in [0.15, 0.2) is 0 Å². The highest BCUT2D eigenvalue weighted by Crippen LogP contribution is 2.00. The Bertz CT molecular complexity index is 359. The molecular formula is C18H37N3O3. The van der Waals surface area contributed by atoms with Gasteiger partial charge in [0, 0.05) is 33.2 Å². The zero-order valence-corrected chi connectivity index (χ0v) is 16.4. The Balaban J connectivity index is 3.68. The number of ether oxygens (including phenoxy) is 1. The molecule has 0 unspecified atom stereocenters. The minimum atomic E-state index is 0.0859. The first-order chi connectivity index (χ1) is 11.2. The van der Waals surface area contributed by atoms with Crippen molar-refractivity contribution in [3.63, 3.8) is 0 Å². The smallest absolute Gasteiger partial charge is 0.224 e. The Morgan fingerprint density at radius 1 is 0.958 bits per heavy atom. The Kier molecular flexibility index (Phi) is 12.6. The number of hydrogen-bond acceptors (Lipinski definition) is 4. The van der Waals surface area contributed by atoms with Crippen molar-refractivity contribution in [2.24, 2.45) is 5.92 Å². The zero-order chi connectivity index (χ0) is 18.5. The van der Waals surface area contributed by atoms with Gasteiger partial charge in [-0.05, 0) is 18.9 Å². The summed E-state index contributed by atoms with van der Waals surface area (Å²) in [7, 11) is 3.64. The van der Waals surface area contributed by atoms with Crippen LogP contribution in [0, 0.1) is 5.92 Å². The van der Waals surface area contributed by atoms with Crippen molar-refractivity contribution >= 4 is 11.8 Å². The van der Waals surface area contributed by atoms with E-state index in [2.05, 4.69) is 33.0 Å². The molecule has 0 aromatic rings. The first kappa shape index (κ1) is 22.9. The Hall–Kier alpha value is -1.14. The molecule has 142 valence electrons. The van der Waals surface area contributed by atoms with Gasteiger partial charge in [-0.2, -0.15) is 0 Å². The molecule has 6 nitrogen and oxygen atoms in total. The molecule has 0 aliphatic rings. The van der Waals surface area contributed by atoms with Crippen LogP contribution in [0.4, 0.5) is 0 Å². The lowest BCUT2D eigenvalue weighted by Gasteiger charge is -2.19. The molecule has 0 rings (SSSR count). The summed E-state index contributed by atoms with van der Waals surface area (Å²) in [5.74, 6) is 0.636. The number of carbonyl (C=O) groups excluding carboxylic acids is 2. The van der Waals surface area contributed by atoms with E-state index in [9.17, 15) is 9.59 Å². The van der Waals surface area contributed by atoms with Crippen LogP contribution in [0.2, 0.25) is 0 Å². The van der Waals surface area contributed by atoms with E-state index < -0.39 is 0 Å². The first-order valence-electron chi connectivity index (χ1n) is 9.03. The molecule has 24 heavy (non-hydrogen) atoms. The molecule has 6 heteroatoms. The van der Waals surface area contributed by atoms with Crippen molar-refractivity contribution in [3.05, 3.63) is 0 Å². The van der Waals surface area contributed by atoms with Crippen LogP contribution in [-0.2, 0) is 14.3 Å². The summed E-state index contributed by atoms with van der Waals surface area (Å²) in [5.41, 5.74) is 0. The van der Waals surface area contributed by atoms with E-state index in [4.69, 9.17) is 4.74 Å². The Morgan fingerprint density at radius 3 is 2.00 bits per heavy atom. The van der Waals surface area contributed by atoms with Crippen LogP contribution < -0.4 is 5.32 Å². The van der Waals surface area contributed by atoms with E-state index in [1.165, 1.54) is 0 Å². The van der Waals surface area contributed by atoms with E-state index in [1.54, 1.807) is 9.80 Å². The molecule has 0 saturated carbocycles. The van der Waals surface area contributed by atoms with Crippen LogP contribution in [0.1, 0.15) is 47.0 Å². The Morgan fingerprint density at radius 2 is 1.50 bits per heavy atom. The Labute approximate surface area is 147 Å². The number of nitrogens with zero attached hydrogens (tertiary/aromatic N) is 2. The van der Waals surface area contributed by atoms with Crippen LogP contribution >= 0.6 is 0 Å². The van der Waals surface area contributed by atoms with Gasteiger partial charge in [-0.15, -0.1) is 0 Å². The summed E-state index contributed by atoms with van der Waals surface area (Å²) in [6.45, 7) is 11.5. The number of nitrogens with one attached hydrogen (secondary N) is 1. The molecule has 0 spiro atoms. The maximum atomic E-state index is 11.9. The van der Waals surface area contributed by atoms with Gasteiger partial charge in [-0.25, -0.2) is 0 Å². The van der Waals surface area contributed by atoms with Crippen molar-refractivity contribution < 1.29 is 14.3 Å². The summed E-state index contributed by atoms with van der Waals surface area (Å²) >= 11 is 0. The van der Waals surface area contributed by atoms with E-state index in [1.807, 2.05) is 14.1 Å². The maximum absolute atomic E-state index is 11.9. The van der Waals surface area contributed by atoms with Crippen molar-refractivity contribution in [2.75, 3.05) is 46.9 Å². The topological polar surface area (TPSA) is 61.9 Å². The lowest BCUT2D eigenvalue weighted by atomic mass is 10.2. The molecule has 0 heterocycles. The summed E-state index contributed by atoms with van der Waals surface area (Å²) in [6.07, 6.45) is 1.68. The third-order valence-corrected chi connectivity index (χ3v) is 3.63. The average molecular weight is 344 g/mol. The highest BCUT2D eigenvalue weighted by atomic mass is 16.5. The van der Waals surface area contributed by atoms with Crippen molar-refractivity contribution in [1.29, 1.82) is 0 Å². The van der Waals surface area contributed by atoms with Gasteiger partial charge in [0.25, 0.3) is 0 Å². The second-order valence-electron chi connectivity index (χ2n) is 7.06. The lowest BCUT2D eigenvalue weighted by Crippen LogP contribution is -2.32. The molecule has 1 N–H and O–H groups in total. The maximum Gasteiger partial charge on any atom is 0.224 e. The molecule has 0 aromatic heterocycles. The van der Waals surface area contributed by atoms with Crippen LogP contribution in [0.15, 0.2) is 0 Å². The van der Waals surface area contributed by atoms with Crippen LogP contribution in [0.5, 0.6) is 0 Å². The number of carbonyl (C=O) groups is 2. The van der Waals surface area contributed by atoms with Crippen LogP contribution in [0.3, 0.4) is 0 Å². The quantitative estimate of drug-likeness (QED) is 0.518. The highest BCUT2D eigenvalue weighted by Gasteiger charge is 2.11. The fourth-order valence-electron chi connectivity index (χ4n) is 2.28. The van der Waals surface area contributed by atoms with Gasteiger partial charge in [0.05, 0.1) is 26.1 Å². The summed E-state index contributed by atoms with van der Waals surface area (Å²) in [6, 6.07) is 0.474. The van der Waals surface area contributed by atoms with Gasteiger partial charge in [-0.1, -0.05) is 27.7 Å². The minimum absolute atomic E-state index is 0.0859. The fraction of sp³-hybridized carbons (Fsp3) is 0.889. The molecule has 0 aliphatic heterocycles. The third-order valence-electron chi connectivity index (χ3n) is 3.63. The molecule has 0 radical (unpaired) electrons. The fourth-order valence-corrected chi connectivity index (χ4v) is 2.28. The third kappa shape index (κ3) is 12.3. The van der Waals surface area contributed by atoms with Crippen LogP contribution in [-0.4, -0.2) is 74.6 Å². The number of rotatable bonds is 13. The zero-order valence-electron chi connectivity index (χ0n) is 16.4. The molecule has 0 saturated heterocycles. The summed E-state index contributed by atoms with van der Waals surface area (Å²) in [4.78, 5) is 27.3. The summed E-state index contributed by atoms with van der Waals surface area (Å²) in [5, 5.41) is 3.33. The summed E-state index contributed by atoms with van der Waals surface area (Å²) < 4.78 is 5.43. The van der Waals surface area contributed by atoms with Crippen molar-refractivity contribution in [1.82, 2.24) is 15.1 Å². The molecule has 0 aromatic carbocycles. The molecular weight excluding hydrogens is 306 g/mol. The second-order valence-corrected chi connectivity index (χ2v) is 7.06. The molecule has 2 amide bonds. The molecule has 0 fully saturated rings. The van der Waals surface area contributed by atoms with Gasteiger partial charge in [0.1, 0.15) is 0 Å². The predicted octanol–water partition coefficient (Wildman–Crippen LogP) is 1.74. The van der Waals surface area contributed by atoms with E-state index >= 15 is 0 Å². The standard InChI is InChI=1S/C18H37N3O3/c1-15(2)14-21(6)18(23)9-13-24-12-8-17(22)20(5)11-7-10-19-16(3)4/h15-16,19H,7-14H2,1-6H3. The van der Waals surface area contributed by atoms with Crippen molar-refractivity contribution in [3.8, 4) is 0 Å². The van der Waals surface area contributed by atoms with E-state index in [0.29, 0.717) is 38.0 Å². The van der Waals surface area contributed by atoms with Gasteiger partial charge in [-0.3, -0.25) is 9.59 Å². The van der Waals surface area contributed by atoms with Gasteiger partial charge in [0.2, 0.25) is 11.8 Å². The first-order valence-corrected chi connectivity index (χ1v) is 9.03. The lowest BCUT2D eigenvalue weighted by molar-refractivity contribution is -0.132. The minimum Gasteiger partial charge on any atom is -0.380 e. The van der Waals surface area contributed by atoms with Gasteiger partial charge < -0.3 is 19.9 Å². The van der Waals surface area contributed by atoms with Gasteiger partial charge >= 0.3 is 0 Å². The normalized spacial score (nSPS) is 11.2. The molecule has 0 aliphatic carbocycles. The van der Waals surface area contributed by atoms with E-state index in [0.717, 1.165) is 26.1 Å². The second kappa shape index (κ2) is 13.2. The largest absolute Gasteiger partial charge is 0.380 e.